The van der Waals surface area contributed by atoms with Gasteiger partial charge in [-0.25, -0.2) is 0 Å². The van der Waals surface area contributed by atoms with Gasteiger partial charge in [-0.05, 0) is 36.0 Å². The number of hydrogen-bond donors (Lipinski definition) is 3. The summed E-state index contributed by atoms with van der Waals surface area (Å²) in [4.78, 5) is 11.5. The van der Waals surface area contributed by atoms with Crippen molar-refractivity contribution in [3.05, 3.63) is 23.8 Å². The van der Waals surface area contributed by atoms with Crippen LogP contribution in [0, 0.1) is 0 Å². The lowest BCUT2D eigenvalue weighted by Crippen LogP contribution is -2.32. The van der Waals surface area contributed by atoms with Crippen molar-refractivity contribution in [2.75, 3.05) is 10.6 Å². The van der Waals surface area contributed by atoms with Crippen molar-refractivity contribution in [2.45, 2.75) is 25.7 Å². The number of nitrogens with one attached hydrogen (secondary N) is 2. The van der Waals surface area contributed by atoms with Gasteiger partial charge in [-0.1, -0.05) is 13.8 Å². The van der Waals surface area contributed by atoms with Crippen molar-refractivity contribution < 1.29 is 4.79 Å². The van der Waals surface area contributed by atoms with Crippen LogP contribution in [0.25, 0.3) is 0 Å². The van der Waals surface area contributed by atoms with Crippen molar-refractivity contribution in [3.63, 3.8) is 0 Å². The quantitative estimate of drug-likeness (QED) is 0.666. The van der Waals surface area contributed by atoms with Crippen molar-refractivity contribution in [2.24, 2.45) is 5.73 Å². The fourth-order valence-corrected chi connectivity index (χ4v) is 2.24. The maximum atomic E-state index is 11.5. The predicted octanol–water partition coefficient (Wildman–Crippen LogP) is 1.96. The largest absolute Gasteiger partial charge is 0.376 e. The highest BCUT2D eigenvalue weighted by Gasteiger charge is 2.31. The number of thiocarbonyl (C=S) groups is 1. The molecule has 90 valence electrons. The summed E-state index contributed by atoms with van der Waals surface area (Å²) in [5.41, 5.74) is 8.07. The van der Waals surface area contributed by atoms with Crippen LogP contribution in [0.1, 0.15) is 25.8 Å². The highest BCUT2D eigenvalue weighted by atomic mass is 32.1. The molecule has 0 bridgehead atoms. The first-order valence-electron chi connectivity index (χ1n) is 5.39. The van der Waals surface area contributed by atoms with E-state index in [-0.39, 0.29) is 16.4 Å². The normalized spacial score (nSPS) is 16.9. The third kappa shape index (κ3) is 2.39. The lowest BCUT2D eigenvalue weighted by Gasteiger charge is -2.32. The number of rotatable bonds is 1. The average Bonchev–Trinajstić information content (AvgIpc) is 2.17. The van der Waals surface area contributed by atoms with Gasteiger partial charge in [0.25, 0.3) is 0 Å². The molecule has 1 aromatic carbocycles. The van der Waals surface area contributed by atoms with Gasteiger partial charge in [-0.2, -0.15) is 0 Å². The predicted molar refractivity (Wildman–Crippen MR) is 73.1 cm³/mol. The Hall–Kier alpha value is -1.62. The molecule has 0 spiro atoms. The van der Waals surface area contributed by atoms with E-state index in [4.69, 9.17) is 18.0 Å². The molecule has 0 saturated heterocycles. The van der Waals surface area contributed by atoms with E-state index in [1.165, 1.54) is 0 Å². The number of carbonyl (C=O) groups excluding carboxylic acids is 1. The van der Waals surface area contributed by atoms with Crippen molar-refractivity contribution >= 4 is 34.6 Å². The number of hydrogen-bond acceptors (Lipinski definition) is 2. The molecule has 1 aromatic rings. The van der Waals surface area contributed by atoms with E-state index in [1.807, 2.05) is 18.2 Å². The summed E-state index contributed by atoms with van der Waals surface area (Å²) in [5, 5.41) is 6.00. The summed E-state index contributed by atoms with van der Waals surface area (Å²) in [6, 6.07) is 5.70. The molecule has 2 rings (SSSR count). The molecule has 1 aliphatic heterocycles. The van der Waals surface area contributed by atoms with Crippen LogP contribution in [0.3, 0.4) is 0 Å². The van der Waals surface area contributed by atoms with Gasteiger partial charge in [0.05, 0.1) is 0 Å². The average molecular weight is 249 g/mol. The Balaban J connectivity index is 2.43. The second kappa shape index (κ2) is 4.00. The minimum absolute atomic E-state index is 0.0533. The van der Waals surface area contributed by atoms with E-state index in [9.17, 15) is 4.79 Å². The molecule has 0 unspecified atom stereocenters. The monoisotopic (exact) mass is 249 g/mol. The second-order valence-corrected chi connectivity index (χ2v) is 5.30. The van der Waals surface area contributed by atoms with Crippen molar-refractivity contribution in [1.29, 1.82) is 0 Å². The summed E-state index contributed by atoms with van der Waals surface area (Å²) >= 11 is 4.81. The Morgan fingerprint density at radius 2 is 2.24 bits per heavy atom. The van der Waals surface area contributed by atoms with Crippen LogP contribution in [0.2, 0.25) is 0 Å². The highest BCUT2D eigenvalue weighted by Crippen LogP contribution is 2.38. The minimum Gasteiger partial charge on any atom is -0.376 e. The molecule has 0 saturated carbocycles. The van der Waals surface area contributed by atoms with Crippen molar-refractivity contribution in [1.82, 2.24) is 0 Å². The Bertz CT molecular complexity index is 497. The van der Waals surface area contributed by atoms with Crippen LogP contribution in [-0.2, 0) is 10.2 Å². The maximum absolute atomic E-state index is 11.5. The van der Waals surface area contributed by atoms with Gasteiger partial charge in [0.15, 0.2) is 5.11 Å². The Morgan fingerprint density at radius 3 is 2.88 bits per heavy atom. The number of benzene rings is 1. The van der Waals surface area contributed by atoms with E-state index in [2.05, 4.69) is 24.5 Å². The molecule has 4 nitrogen and oxygen atoms in total. The fraction of sp³-hybridized carbons (Fsp3) is 0.333. The van der Waals surface area contributed by atoms with E-state index >= 15 is 0 Å². The third-order valence-electron chi connectivity index (χ3n) is 2.89. The standard InChI is InChI=1S/C12H15N3OS/c1-12(2)6-10(16)15-9-4-3-7(5-8(9)12)14-11(13)17/h3-5H,6H2,1-2H3,(H,15,16)(H3,13,14,17). The van der Waals surface area contributed by atoms with E-state index in [0.717, 1.165) is 16.9 Å². The Kier molecular flexibility index (Phi) is 2.79. The molecule has 0 radical (unpaired) electrons. The molecule has 0 atom stereocenters. The molecular formula is C12H15N3OS. The van der Waals surface area contributed by atoms with Crippen LogP contribution in [0.5, 0.6) is 0 Å². The highest BCUT2D eigenvalue weighted by molar-refractivity contribution is 7.80. The molecule has 0 aromatic heterocycles. The lowest BCUT2D eigenvalue weighted by molar-refractivity contribution is -0.117. The molecule has 1 heterocycles. The number of fused-ring (bicyclic) bond motifs is 1. The van der Waals surface area contributed by atoms with Gasteiger partial charge < -0.3 is 16.4 Å². The molecule has 5 heteroatoms. The van der Waals surface area contributed by atoms with Gasteiger partial charge in [0, 0.05) is 23.2 Å². The Labute approximate surface area is 106 Å². The zero-order valence-electron chi connectivity index (χ0n) is 9.83. The molecule has 17 heavy (non-hydrogen) atoms. The summed E-state index contributed by atoms with van der Waals surface area (Å²) in [5.74, 6) is 0.0533. The summed E-state index contributed by atoms with van der Waals surface area (Å²) in [6.07, 6.45) is 0.483. The van der Waals surface area contributed by atoms with Crippen LogP contribution in [-0.4, -0.2) is 11.0 Å². The van der Waals surface area contributed by atoms with E-state index in [0.29, 0.717) is 6.42 Å². The zero-order valence-corrected chi connectivity index (χ0v) is 10.6. The maximum Gasteiger partial charge on any atom is 0.225 e. The third-order valence-corrected chi connectivity index (χ3v) is 2.99. The molecule has 0 fully saturated rings. The van der Waals surface area contributed by atoms with Crippen molar-refractivity contribution in [3.8, 4) is 0 Å². The van der Waals surface area contributed by atoms with E-state index in [1.54, 1.807) is 0 Å². The molecule has 4 N–H and O–H groups in total. The smallest absolute Gasteiger partial charge is 0.225 e. The molecule has 1 amide bonds. The van der Waals surface area contributed by atoms with Gasteiger partial charge in [0.1, 0.15) is 0 Å². The number of nitrogens with two attached hydrogens (primary N) is 1. The topological polar surface area (TPSA) is 67.2 Å². The second-order valence-electron chi connectivity index (χ2n) is 4.86. The SMILES string of the molecule is CC1(C)CC(=O)Nc2ccc(NC(N)=S)cc21. The molecule has 1 aliphatic rings. The van der Waals surface area contributed by atoms with Crippen LogP contribution in [0.15, 0.2) is 18.2 Å². The first-order valence-corrected chi connectivity index (χ1v) is 5.80. The molecule has 0 aliphatic carbocycles. The van der Waals surface area contributed by atoms with Gasteiger partial charge in [0.2, 0.25) is 5.91 Å². The fourth-order valence-electron chi connectivity index (χ4n) is 2.12. The summed E-state index contributed by atoms with van der Waals surface area (Å²) in [6.45, 7) is 4.10. The van der Waals surface area contributed by atoms with Gasteiger partial charge in [-0.3, -0.25) is 4.79 Å². The molecular weight excluding hydrogens is 234 g/mol. The van der Waals surface area contributed by atoms with E-state index < -0.39 is 0 Å². The number of amides is 1. The van der Waals surface area contributed by atoms with Crippen LogP contribution < -0.4 is 16.4 Å². The summed E-state index contributed by atoms with van der Waals surface area (Å²) in [7, 11) is 0. The minimum atomic E-state index is -0.175. The first-order chi connectivity index (χ1) is 7.88. The Morgan fingerprint density at radius 1 is 1.53 bits per heavy atom. The number of carbonyl (C=O) groups is 1. The van der Waals surface area contributed by atoms with Gasteiger partial charge in [-0.15, -0.1) is 0 Å². The van der Waals surface area contributed by atoms with Crippen LogP contribution in [0.4, 0.5) is 11.4 Å². The number of anilines is 2. The summed E-state index contributed by atoms with van der Waals surface area (Å²) < 4.78 is 0. The lowest BCUT2D eigenvalue weighted by atomic mass is 9.78. The van der Waals surface area contributed by atoms with Crippen LogP contribution >= 0.6 is 12.2 Å². The zero-order chi connectivity index (χ0) is 12.6. The van der Waals surface area contributed by atoms with Gasteiger partial charge >= 0.3 is 0 Å². The first kappa shape index (κ1) is 11.9.